The van der Waals surface area contributed by atoms with Crippen molar-refractivity contribution in [1.29, 1.82) is 0 Å². The van der Waals surface area contributed by atoms with Crippen molar-refractivity contribution in [3.05, 3.63) is 77.0 Å². The summed E-state index contributed by atoms with van der Waals surface area (Å²) in [6, 6.07) is 15.3. The number of anilines is 1. The minimum atomic E-state index is -0.618. The van der Waals surface area contributed by atoms with E-state index >= 15 is 4.39 Å². The molecule has 1 aromatic carbocycles. The van der Waals surface area contributed by atoms with Crippen LogP contribution in [0, 0.1) is 11.9 Å². The molecule has 10 heteroatoms. The molecule has 0 unspecified atom stereocenters. The summed E-state index contributed by atoms with van der Waals surface area (Å²) in [5.41, 5.74) is 5.00. The average molecular weight is 555 g/mol. The van der Waals surface area contributed by atoms with Crippen LogP contribution >= 0.6 is 0 Å². The molecule has 0 bridgehead atoms. The standard InChI is InChI=1S/C31H31FN6O3/c1-18-22-6-4-3-5-20(22)11-12-37(18)31(40)25-14-26(21-7-8-21)38-28(33-25)15-24(35-38)23-9-10-27(34-30(23)32)36-16-19(17-36)13-29(39)41-2/h3-6,9-10,14-15,18-19,21H,7-8,11-13,16-17H2,1-2H3/t18-/m1/s1. The van der Waals surface area contributed by atoms with E-state index in [1.54, 1.807) is 22.7 Å². The number of halogens is 1. The van der Waals surface area contributed by atoms with Gasteiger partial charge in [0.05, 0.1) is 30.8 Å². The Morgan fingerprint density at radius 2 is 1.88 bits per heavy atom. The molecule has 1 amide bonds. The van der Waals surface area contributed by atoms with Gasteiger partial charge in [0.25, 0.3) is 5.91 Å². The highest BCUT2D eigenvalue weighted by atomic mass is 19.1. The van der Waals surface area contributed by atoms with Crippen LogP contribution < -0.4 is 4.90 Å². The molecule has 1 saturated carbocycles. The van der Waals surface area contributed by atoms with Crippen LogP contribution in [0.5, 0.6) is 0 Å². The van der Waals surface area contributed by atoms with E-state index in [2.05, 4.69) is 24.0 Å². The number of esters is 1. The predicted octanol–water partition coefficient (Wildman–Crippen LogP) is 4.57. The number of benzene rings is 1. The summed E-state index contributed by atoms with van der Waals surface area (Å²) >= 11 is 0. The van der Waals surface area contributed by atoms with Gasteiger partial charge >= 0.3 is 5.97 Å². The van der Waals surface area contributed by atoms with Crippen LogP contribution in [-0.2, 0) is 16.0 Å². The van der Waals surface area contributed by atoms with E-state index in [4.69, 9.17) is 14.8 Å². The number of aromatic nitrogens is 4. The number of hydrogen-bond acceptors (Lipinski definition) is 7. The second-order valence-corrected chi connectivity index (χ2v) is 11.3. The third-order valence-electron chi connectivity index (χ3n) is 8.60. The maximum absolute atomic E-state index is 15.3. The molecule has 41 heavy (non-hydrogen) atoms. The molecule has 5 heterocycles. The van der Waals surface area contributed by atoms with Crippen LogP contribution in [0.1, 0.15) is 65.5 Å². The smallest absolute Gasteiger partial charge is 0.305 e. The van der Waals surface area contributed by atoms with Gasteiger partial charge in [0.1, 0.15) is 11.5 Å². The summed E-state index contributed by atoms with van der Waals surface area (Å²) in [6.07, 6.45) is 3.20. The van der Waals surface area contributed by atoms with Gasteiger partial charge in [-0.05, 0) is 55.5 Å². The number of carbonyl (C=O) groups excluding carboxylic acids is 2. The second-order valence-electron chi connectivity index (χ2n) is 11.3. The minimum absolute atomic E-state index is 0.0452. The topological polar surface area (TPSA) is 92.9 Å². The third-order valence-corrected chi connectivity index (χ3v) is 8.60. The Morgan fingerprint density at radius 3 is 2.63 bits per heavy atom. The Morgan fingerprint density at radius 1 is 1.07 bits per heavy atom. The van der Waals surface area contributed by atoms with Crippen LogP contribution in [0.15, 0.2) is 48.5 Å². The number of fused-ring (bicyclic) bond motifs is 2. The molecule has 2 fully saturated rings. The molecule has 2 aliphatic heterocycles. The summed E-state index contributed by atoms with van der Waals surface area (Å²) < 4.78 is 21.8. The molecule has 9 nitrogen and oxygen atoms in total. The van der Waals surface area contributed by atoms with Gasteiger partial charge in [0, 0.05) is 43.2 Å². The first kappa shape index (κ1) is 25.6. The van der Waals surface area contributed by atoms with Gasteiger partial charge in [0.15, 0.2) is 5.65 Å². The van der Waals surface area contributed by atoms with E-state index < -0.39 is 5.95 Å². The lowest BCUT2D eigenvalue weighted by atomic mass is 9.93. The Hall–Kier alpha value is -4.34. The lowest BCUT2D eigenvalue weighted by Crippen LogP contribution is -2.48. The van der Waals surface area contributed by atoms with Crippen LogP contribution in [-0.4, -0.2) is 63.1 Å². The lowest BCUT2D eigenvalue weighted by molar-refractivity contribution is -0.141. The molecule has 0 spiro atoms. The summed E-state index contributed by atoms with van der Waals surface area (Å²) in [6.45, 7) is 3.95. The second kappa shape index (κ2) is 9.94. The van der Waals surface area contributed by atoms with Crippen molar-refractivity contribution in [3.63, 3.8) is 0 Å². The largest absolute Gasteiger partial charge is 0.469 e. The zero-order chi connectivity index (χ0) is 28.2. The highest BCUT2D eigenvalue weighted by Gasteiger charge is 2.33. The molecule has 4 aromatic rings. The van der Waals surface area contributed by atoms with E-state index in [1.807, 2.05) is 28.0 Å². The third kappa shape index (κ3) is 4.61. The van der Waals surface area contributed by atoms with E-state index in [0.717, 1.165) is 25.0 Å². The van der Waals surface area contributed by atoms with Crippen molar-refractivity contribution in [2.24, 2.45) is 5.92 Å². The molecule has 0 N–H and O–H groups in total. The number of carbonyl (C=O) groups is 2. The number of nitrogens with zero attached hydrogens (tertiary/aromatic N) is 6. The number of ether oxygens (including phenoxy) is 1. The number of rotatable bonds is 6. The van der Waals surface area contributed by atoms with Crippen molar-refractivity contribution in [2.75, 3.05) is 31.6 Å². The minimum Gasteiger partial charge on any atom is -0.469 e. The van der Waals surface area contributed by atoms with Gasteiger partial charge in [-0.25, -0.2) is 14.5 Å². The SMILES string of the molecule is COC(=O)CC1CN(c2ccc(-c3cc4nc(C(=O)N5CCc6ccccc6[C@H]5C)cc(C5CC5)n4n3)c(F)n2)C1. The molecular formula is C31H31FN6O3. The summed E-state index contributed by atoms with van der Waals surface area (Å²) in [4.78, 5) is 38.0. The van der Waals surface area contributed by atoms with E-state index in [1.165, 1.54) is 18.2 Å². The van der Waals surface area contributed by atoms with Gasteiger partial charge < -0.3 is 14.5 Å². The molecule has 1 atom stereocenters. The Kier molecular flexibility index (Phi) is 6.21. The Labute approximate surface area is 237 Å². The van der Waals surface area contributed by atoms with Gasteiger partial charge in [-0.2, -0.15) is 9.49 Å². The molecule has 210 valence electrons. The monoisotopic (exact) mass is 554 g/mol. The predicted molar refractivity (Wildman–Crippen MR) is 150 cm³/mol. The normalized spacial score (nSPS) is 18.8. The van der Waals surface area contributed by atoms with Gasteiger partial charge in [-0.1, -0.05) is 24.3 Å². The first-order valence-corrected chi connectivity index (χ1v) is 14.2. The molecule has 1 saturated heterocycles. The molecule has 1 aliphatic carbocycles. The molecule has 3 aromatic heterocycles. The molecular weight excluding hydrogens is 523 g/mol. The number of methoxy groups -OCH3 is 1. The number of hydrogen-bond donors (Lipinski definition) is 0. The van der Waals surface area contributed by atoms with Crippen LogP contribution in [0.4, 0.5) is 10.2 Å². The van der Waals surface area contributed by atoms with Crippen molar-refractivity contribution in [2.45, 2.75) is 44.6 Å². The quantitative estimate of drug-likeness (QED) is 0.255. The fourth-order valence-corrected chi connectivity index (χ4v) is 6.10. The van der Waals surface area contributed by atoms with Crippen molar-refractivity contribution >= 4 is 23.3 Å². The average Bonchev–Trinajstić information content (AvgIpc) is 3.72. The van der Waals surface area contributed by atoms with E-state index in [-0.39, 0.29) is 29.4 Å². The first-order valence-electron chi connectivity index (χ1n) is 14.2. The van der Waals surface area contributed by atoms with Crippen molar-refractivity contribution in [3.8, 4) is 11.3 Å². The van der Waals surface area contributed by atoms with E-state index in [0.29, 0.717) is 54.8 Å². The number of pyridine rings is 1. The Bertz CT molecular complexity index is 1680. The maximum Gasteiger partial charge on any atom is 0.305 e. The summed E-state index contributed by atoms with van der Waals surface area (Å²) in [5.74, 6) is 0.0450. The van der Waals surface area contributed by atoms with Crippen LogP contribution in [0.3, 0.4) is 0 Å². The highest BCUT2D eigenvalue weighted by Crippen LogP contribution is 2.41. The highest BCUT2D eigenvalue weighted by molar-refractivity contribution is 5.93. The van der Waals surface area contributed by atoms with Crippen molar-refractivity contribution < 1.29 is 18.7 Å². The molecule has 0 radical (unpaired) electrons. The summed E-state index contributed by atoms with van der Waals surface area (Å²) in [7, 11) is 1.38. The fourth-order valence-electron chi connectivity index (χ4n) is 6.10. The zero-order valence-electron chi connectivity index (χ0n) is 23.1. The van der Waals surface area contributed by atoms with Gasteiger partial charge in [-0.3, -0.25) is 9.59 Å². The van der Waals surface area contributed by atoms with Crippen molar-refractivity contribution in [1.82, 2.24) is 24.5 Å². The van der Waals surface area contributed by atoms with E-state index in [9.17, 15) is 9.59 Å². The molecule has 7 rings (SSSR count). The zero-order valence-corrected chi connectivity index (χ0v) is 23.1. The lowest BCUT2D eigenvalue weighted by Gasteiger charge is -2.39. The maximum atomic E-state index is 15.3. The van der Waals surface area contributed by atoms with Gasteiger partial charge in [-0.15, -0.1) is 0 Å². The fraction of sp³-hybridized carbons (Fsp3) is 0.387. The number of amides is 1. The summed E-state index contributed by atoms with van der Waals surface area (Å²) in [5, 5.41) is 4.71. The van der Waals surface area contributed by atoms with Crippen LogP contribution in [0.25, 0.3) is 16.9 Å². The first-order chi connectivity index (χ1) is 19.9. The van der Waals surface area contributed by atoms with Gasteiger partial charge in [0.2, 0.25) is 5.95 Å². The molecule has 3 aliphatic rings. The Balaban J connectivity index is 1.16. The van der Waals surface area contributed by atoms with Crippen LogP contribution in [0.2, 0.25) is 0 Å².